The fourth-order valence-corrected chi connectivity index (χ4v) is 5.44. The second kappa shape index (κ2) is 8.50. The quantitative estimate of drug-likeness (QED) is 0.511. The normalized spacial score (nSPS) is 20.0. The van der Waals surface area contributed by atoms with Gasteiger partial charge in [0.05, 0.1) is 13.2 Å². The average Bonchev–Trinajstić information content (AvgIpc) is 2.80. The molecule has 2 aromatic carbocycles. The molecule has 5 nitrogen and oxygen atoms in total. The predicted octanol–water partition coefficient (Wildman–Crippen LogP) is 4.07. The summed E-state index contributed by atoms with van der Waals surface area (Å²) in [5.41, 5.74) is 1.61. The van der Waals surface area contributed by atoms with Gasteiger partial charge in [0.25, 0.3) is 0 Å². The summed E-state index contributed by atoms with van der Waals surface area (Å²) in [6.45, 7) is 5.31. The molecule has 1 aromatic heterocycles. The van der Waals surface area contributed by atoms with E-state index in [-0.39, 0.29) is 11.2 Å². The number of fused-ring (bicyclic) bond motifs is 3. The van der Waals surface area contributed by atoms with Gasteiger partial charge in [-0.1, -0.05) is 49.6 Å². The Morgan fingerprint density at radius 1 is 1.00 bits per heavy atom. The first-order valence-electron chi connectivity index (χ1n) is 11.2. The van der Waals surface area contributed by atoms with Crippen molar-refractivity contribution in [3.05, 3.63) is 58.4 Å². The largest absolute Gasteiger partial charge is 0.423 e. The van der Waals surface area contributed by atoms with Gasteiger partial charge in [0.2, 0.25) is 0 Å². The van der Waals surface area contributed by atoms with E-state index in [0.717, 1.165) is 54.6 Å². The lowest BCUT2D eigenvalue weighted by Crippen LogP contribution is -2.59. The molecule has 5 rings (SSSR count). The maximum absolute atomic E-state index is 12.2. The summed E-state index contributed by atoms with van der Waals surface area (Å²) in [6, 6.07) is 13.9. The van der Waals surface area contributed by atoms with E-state index in [1.807, 2.05) is 24.3 Å². The first-order valence-corrected chi connectivity index (χ1v) is 11.2. The van der Waals surface area contributed by atoms with Crippen molar-refractivity contribution in [2.75, 3.05) is 32.8 Å². The molecule has 1 aliphatic heterocycles. The lowest BCUT2D eigenvalue weighted by Gasteiger charge is -2.48. The van der Waals surface area contributed by atoms with E-state index in [1.54, 1.807) is 6.07 Å². The number of hydrogen-bond acceptors (Lipinski definition) is 5. The summed E-state index contributed by atoms with van der Waals surface area (Å²) in [7, 11) is 0. The van der Waals surface area contributed by atoms with Crippen LogP contribution in [-0.4, -0.2) is 43.3 Å². The molecule has 30 heavy (non-hydrogen) atoms. The summed E-state index contributed by atoms with van der Waals surface area (Å²) in [4.78, 5) is 14.8. The van der Waals surface area contributed by atoms with Crippen molar-refractivity contribution in [3.8, 4) is 0 Å². The Labute approximate surface area is 177 Å². The number of nitrogens with one attached hydrogen (secondary N) is 1. The third kappa shape index (κ3) is 3.78. The highest BCUT2D eigenvalue weighted by Crippen LogP contribution is 2.34. The molecular weight excluding hydrogens is 376 g/mol. The Kier molecular flexibility index (Phi) is 5.59. The standard InChI is InChI=1S/C25H30N2O3/c28-23-16-20(24-21-7-3-2-6-19(21)8-9-22(24)30-23)17-26-18-25(10-4-1-5-11-25)27-12-14-29-15-13-27/h2-3,6-9,16,26H,1,4-5,10-15,17-18H2. The van der Waals surface area contributed by atoms with Crippen molar-refractivity contribution in [1.29, 1.82) is 0 Å². The smallest absolute Gasteiger partial charge is 0.336 e. The van der Waals surface area contributed by atoms with Crippen LogP contribution in [0.25, 0.3) is 21.7 Å². The highest BCUT2D eigenvalue weighted by atomic mass is 16.5. The Bertz CT molecular complexity index is 1080. The minimum Gasteiger partial charge on any atom is -0.423 e. The maximum Gasteiger partial charge on any atom is 0.336 e. The molecular formula is C25H30N2O3. The number of rotatable bonds is 5. The number of benzene rings is 2. The molecule has 0 bridgehead atoms. The van der Waals surface area contributed by atoms with Crippen LogP contribution in [0, 0.1) is 0 Å². The number of morpholine rings is 1. The number of ether oxygens (including phenoxy) is 1. The molecule has 158 valence electrons. The van der Waals surface area contributed by atoms with Gasteiger partial charge in [0, 0.05) is 43.2 Å². The van der Waals surface area contributed by atoms with Crippen LogP contribution in [0.5, 0.6) is 0 Å². The van der Waals surface area contributed by atoms with Crippen molar-refractivity contribution in [1.82, 2.24) is 10.2 Å². The highest BCUT2D eigenvalue weighted by Gasteiger charge is 2.38. The molecule has 1 N–H and O–H groups in total. The molecule has 0 unspecified atom stereocenters. The van der Waals surface area contributed by atoms with Crippen LogP contribution in [0.3, 0.4) is 0 Å². The van der Waals surface area contributed by atoms with E-state index in [9.17, 15) is 4.79 Å². The van der Waals surface area contributed by atoms with Gasteiger partial charge in [-0.2, -0.15) is 0 Å². The van der Waals surface area contributed by atoms with Gasteiger partial charge < -0.3 is 14.5 Å². The third-order valence-corrected chi connectivity index (χ3v) is 6.95. The first kappa shape index (κ1) is 19.7. The Morgan fingerprint density at radius 2 is 1.80 bits per heavy atom. The molecule has 0 spiro atoms. The summed E-state index contributed by atoms with van der Waals surface area (Å²) < 4.78 is 11.1. The van der Waals surface area contributed by atoms with Crippen molar-refractivity contribution in [3.63, 3.8) is 0 Å². The van der Waals surface area contributed by atoms with E-state index < -0.39 is 0 Å². The van der Waals surface area contributed by atoms with Crippen LogP contribution in [0.15, 0.2) is 51.7 Å². The molecule has 2 fully saturated rings. The van der Waals surface area contributed by atoms with Gasteiger partial charge in [-0.3, -0.25) is 4.90 Å². The monoisotopic (exact) mass is 406 g/mol. The third-order valence-electron chi connectivity index (χ3n) is 6.95. The lowest BCUT2D eigenvalue weighted by molar-refractivity contribution is -0.0369. The fourth-order valence-electron chi connectivity index (χ4n) is 5.44. The van der Waals surface area contributed by atoms with E-state index in [1.165, 1.54) is 32.1 Å². The van der Waals surface area contributed by atoms with Gasteiger partial charge >= 0.3 is 5.63 Å². The maximum atomic E-state index is 12.2. The average molecular weight is 407 g/mol. The zero-order chi connectivity index (χ0) is 20.4. The fraction of sp³-hybridized carbons (Fsp3) is 0.480. The summed E-state index contributed by atoms with van der Waals surface area (Å²) in [6.07, 6.45) is 6.40. The van der Waals surface area contributed by atoms with Crippen LogP contribution in [0.2, 0.25) is 0 Å². The van der Waals surface area contributed by atoms with E-state index in [0.29, 0.717) is 12.1 Å². The molecule has 1 aliphatic carbocycles. The second-order valence-electron chi connectivity index (χ2n) is 8.74. The minimum atomic E-state index is -0.282. The van der Waals surface area contributed by atoms with Crippen LogP contribution in [0.1, 0.15) is 37.7 Å². The molecule has 0 atom stereocenters. The molecule has 0 amide bonds. The molecule has 1 saturated carbocycles. The van der Waals surface area contributed by atoms with Crippen molar-refractivity contribution >= 4 is 21.7 Å². The molecule has 3 aromatic rings. The molecule has 2 heterocycles. The van der Waals surface area contributed by atoms with Crippen LogP contribution in [-0.2, 0) is 11.3 Å². The molecule has 5 heteroatoms. The zero-order valence-electron chi connectivity index (χ0n) is 17.5. The Hall–Kier alpha value is -2.21. The molecule has 1 saturated heterocycles. The van der Waals surface area contributed by atoms with Crippen molar-refractivity contribution in [2.45, 2.75) is 44.2 Å². The summed E-state index contributed by atoms with van der Waals surface area (Å²) in [5, 5.41) is 7.08. The number of hydrogen-bond donors (Lipinski definition) is 1. The molecule has 2 aliphatic rings. The van der Waals surface area contributed by atoms with Crippen LogP contribution in [0.4, 0.5) is 0 Å². The van der Waals surface area contributed by atoms with Gasteiger partial charge in [-0.15, -0.1) is 0 Å². The van der Waals surface area contributed by atoms with E-state index in [4.69, 9.17) is 9.15 Å². The predicted molar refractivity (Wildman–Crippen MR) is 120 cm³/mol. The van der Waals surface area contributed by atoms with Gasteiger partial charge in [0.1, 0.15) is 5.58 Å². The second-order valence-corrected chi connectivity index (χ2v) is 8.74. The lowest BCUT2D eigenvalue weighted by atomic mass is 9.79. The topological polar surface area (TPSA) is 54.7 Å². The Balaban J connectivity index is 1.42. The van der Waals surface area contributed by atoms with Crippen LogP contribution >= 0.6 is 0 Å². The molecule has 0 radical (unpaired) electrons. The van der Waals surface area contributed by atoms with Crippen molar-refractivity contribution in [2.24, 2.45) is 0 Å². The summed E-state index contributed by atoms with van der Waals surface area (Å²) in [5.74, 6) is 0. The summed E-state index contributed by atoms with van der Waals surface area (Å²) >= 11 is 0. The van der Waals surface area contributed by atoms with Crippen molar-refractivity contribution < 1.29 is 9.15 Å². The highest BCUT2D eigenvalue weighted by molar-refractivity contribution is 6.07. The van der Waals surface area contributed by atoms with E-state index >= 15 is 0 Å². The first-order chi connectivity index (χ1) is 14.8. The Morgan fingerprint density at radius 3 is 2.63 bits per heavy atom. The van der Waals surface area contributed by atoms with Crippen LogP contribution < -0.4 is 10.9 Å². The van der Waals surface area contributed by atoms with Gasteiger partial charge in [-0.25, -0.2) is 4.79 Å². The SMILES string of the molecule is O=c1cc(CNCC2(N3CCOCC3)CCCCC2)c2c(ccc3ccccc32)o1. The van der Waals surface area contributed by atoms with Gasteiger partial charge in [-0.05, 0) is 35.2 Å². The van der Waals surface area contributed by atoms with E-state index in [2.05, 4.69) is 22.3 Å². The number of nitrogens with zero attached hydrogens (tertiary/aromatic N) is 1. The van der Waals surface area contributed by atoms with Gasteiger partial charge in [0.15, 0.2) is 0 Å². The minimum absolute atomic E-state index is 0.208. The zero-order valence-corrected chi connectivity index (χ0v) is 17.5.